The van der Waals surface area contributed by atoms with Crippen molar-refractivity contribution in [2.24, 2.45) is 5.16 Å². The van der Waals surface area contributed by atoms with Gasteiger partial charge in [-0.2, -0.15) is 0 Å². The van der Waals surface area contributed by atoms with E-state index in [9.17, 15) is 5.11 Å². The Labute approximate surface area is 106 Å². The zero-order valence-electron chi connectivity index (χ0n) is 9.56. The Bertz CT molecular complexity index is 426. The molecule has 92 valence electrons. The van der Waals surface area contributed by atoms with Crippen LogP contribution in [0, 0.1) is 0 Å². The number of rotatable bonds is 2. The summed E-state index contributed by atoms with van der Waals surface area (Å²) in [6.07, 6.45) is 7.33. The Hall–Kier alpha value is -1.22. The Morgan fingerprint density at radius 2 is 1.94 bits per heavy atom. The highest BCUT2D eigenvalue weighted by Gasteiger charge is 2.18. The van der Waals surface area contributed by atoms with Gasteiger partial charge in [0.1, 0.15) is 5.75 Å². The van der Waals surface area contributed by atoms with Crippen molar-refractivity contribution < 1.29 is 10.3 Å². The fourth-order valence-electron chi connectivity index (χ4n) is 2.47. The van der Waals surface area contributed by atoms with E-state index in [4.69, 9.17) is 16.8 Å². The summed E-state index contributed by atoms with van der Waals surface area (Å²) < 4.78 is 0. The van der Waals surface area contributed by atoms with Crippen molar-refractivity contribution in [1.29, 1.82) is 0 Å². The molecule has 1 aromatic carbocycles. The lowest BCUT2D eigenvalue weighted by Crippen LogP contribution is -2.05. The van der Waals surface area contributed by atoms with Gasteiger partial charge in [0.05, 0.1) is 11.2 Å². The molecule has 17 heavy (non-hydrogen) atoms. The summed E-state index contributed by atoms with van der Waals surface area (Å²) in [5.41, 5.74) is 1.60. The normalized spacial score (nSPS) is 17.7. The molecule has 1 aliphatic carbocycles. The molecule has 3 nitrogen and oxygen atoms in total. The Morgan fingerprint density at radius 1 is 1.24 bits per heavy atom. The van der Waals surface area contributed by atoms with Crippen molar-refractivity contribution in [3.63, 3.8) is 0 Å². The summed E-state index contributed by atoms with van der Waals surface area (Å²) in [5, 5.41) is 21.5. The van der Waals surface area contributed by atoms with E-state index in [0.717, 1.165) is 18.4 Å². The van der Waals surface area contributed by atoms with Crippen molar-refractivity contribution in [3.8, 4) is 5.75 Å². The van der Waals surface area contributed by atoms with Gasteiger partial charge in [0, 0.05) is 5.56 Å². The Balaban J connectivity index is 2.34. The molecule has 0 heterocycles. The van der Waals surface area contributed by atoms with Crippen LogP contribution in [-0.2, 0) is 0 Å². The first-order chi connectivity index (χ1) is 8.22. The molecule has 1 fully saturated rings. The lowest BCUT2D eigenvalue weighted by molar-refractivity contribution is 0.321. The predicted molar refractivity (Wildman–Crippen MR) is 68.3 cm³/mol. The molecule has 2 rings (SSSR count). The standard InChI is InChI=1S/C13H16ClNO2/c14-12-7-10(9-4-2-1-3-5-9)6-11(8-15-17)13(12)16/h6-9,16-17H,1-5H2. The molecule has 1 aromatic rings. The van der Waals surface area contributed by atoms with Crippen molar-refractivity contribution in [2.75, 3.05) is 0 Å². The van der Waals surface area contributed by atoms with Gasteiger partial charge >= 0.3 is 0 Å². The molecule has 0 unspecified atom stereocenters. The molecule has 0 aromatic heterocycles. The summed E-state index contributed by atoms with van der Waals surface area (Å²) in [7, 11) is 0. The molecule has 1 aliphatic rings. The SMILES string of the molecule is ON=Cc1cc(C2CCCCC2)cc(Cl)c1O. The number of aromatic hydroxyl groups is 1. The van der Waals surface area contributed by atoms with Gasteiger partial charge in [0.15, 0.2) is 0 Å². The summed E-state index contributed by atoms with van der Waals surface area (Å²) >= 11 is 5.98. The van der Waals surface area contributed by atoms with Gasteiger partial charge < -0.3 is 10.3 Å². The molecule has 0 aliphatic heterocycles. The minimum absolute atomic E-state index is 0.0240. The van der Waals surface area contributed by atoms with E-state index in [1.807, 2.05) is 12.1 Å². The van der Waals surface area contributed by atoms with E-state index in [-0.39, 0.29) is 5.75 Å². The minimum Gasteiger partial charge on any atom is -0.506 e. The van der Waals surface area contributed by atoms with Crippen LogP contribution in [0.15, 0.2) is 17.3 Å². The van der Waals surface area contributed by atoms with E-state index in [0.29, 0.717) is 16.5 Å². The van der Waals surface area contributed by atoms with Crippen LogP contribution < -0.4 is 0 Å². The Kier molecular flexibility index (Phi) is 3.89. The number of benzene rings is 1. The number of halogens is 1. The molecule has 0 radical (unpaired) electrons. The van der Waals surface area contributed by atoms with Crippen LogP contribution in [0.5, 0.6) is 5.75 Å². The van der Waals surface area contributed by atoms with Crippen molar-refractivity contribution in [1.82, 2.24) is 0 Å². The van der Waals surface area contributed by atoms with Gasteiger partial charge in [0.2, 0.25) is 0 Å². The van der Waals surface area contributed by atoms with Crippen LogP contribution >= 0.6 is 11.6 Å². The third-order valence-corrected chi connectivity index (χ3v) is 3.68. The van der Waals surface area contributed by atoms with Crippen LogP contribution in [0.3, 0.4) is 0 Å². The first kappa shape index (κ1) is 12.2. The van der Waals surface area contributed by atoms with E-state index in [2.05, 4.69) is 5.16 Å². The number of hydrogen-bond acceptors (Lipinski definition) is 3. The lowest BCUT2D eigenvalue weighted by atomic mass is 9.83. The second-order valence-electron chi connectivity index (χ2n) is 4.52. The summed E-state index contributed by atoms with van der Waals surface area (Å²) in [5.74, 6) is 0.483. The third kappa shape index (κ3) is 2.72. The van der Waals surface area contributed by atoms with E-state index >= 15 is 0 Å². The van der Waals surface area contributed by atoms with Gasteiger partial charge in [-0.3, -0.25) is 0 Å². The maximum Gasteiger partial charge on any atom is 0.143 e. The van der Waals surface area contributed by atoms with Crippen molar-refractivity contribution in [3.05, 3.63) is 28.3 Å². The highest BCUT2D eigenvalue weighted by molar-refractivity contribution is 6.32. The highest BCUT2D eigenvalue weighted by Crippen LogP contribution is 2.37. The van der Waals surface area contributed by atoms with Crippen molar-refractivity contribution in [2.45, 2.75) is 38.0 Å². The molecule has 0 spiro atoms. The van der Waals surface area contributed by atoms with Crippen molar-refractivity contribution >= 4 is 17.8 Å². The molecule has 1 saturated carbocycles. The first-order valence-electron chi connectivity index (χ1n) is 5.92. The maximum atomic E-state index is 9.72. The molecule has 0 bridgehead atoms. The van der Waals surface area contributed by atoms with E-state index < -0.39 is 0 Å². The molecule has 0 amide bonds. The third-order valence-electron chi connectivity index (χ3n) is 3.39. The first-order valence-corrected chi connectivity index (χ1v) is 6.30. The molecular weight excluding hydrogens is 238 g/mol. The smallest absolute Gasteiger partial charge is 0.143 e. The molecule has 0 atom stereocenters. The molecule has 0 saturated heterocycles. The highest BCUT2D eigenvalue weighted by atomic mass is 35.5. The number of nitrogens with zero attached hydrogens (tertiary/aromatic N) is 1. The second-order valence-corrected chi connectivity index (χ2v) is 4.93. The fraction of sp³-hybridized carbons (Fsp3) is 0.462. The number of phenols is 1. The topological polar surface area (TPSA) is 52.8 Å². The fourth-order valence-corrected chi connectivity index (χ4v) is 2.71. The van der Waals surface area contributed by atoms with Crippen LogP contribution in [0.1, 0.15) is 49.1 Å². The average Bonchev–Trinajstić information content (AvgIpc) is 2.36. The molecule has 2 N–H and O–H groups in total. The maximum absolute atomic E-state index is 9.72. The summed E-state index contributed by atoms with van der Waals surface area (Å²) in [6, 6.07) is 3.68. The number of oxime groups is 1. The molecule has 4 heteroatoms. The van der Waals surface area contributed by atoms with Gasteiger partial charge in [-0.15, -0.1) is 0 Å². The van der Waals surface area contributed by atoms with Gasteiger partial charge in [0.25, 0.3) is 0 Å². The second kappa shape index (κ2) is 5.41. The summed E-state index contributed by atoms with van der Waals surface area (Å²) in [4.78, 5) is 0. The predicted octanol–water partition coefficient (Wildman–Crippen LogP) is 3.90. The van der Waals surface area contributed by atoms with Crippen LogP contribution in [0.2, 0.25) is 5.02 Å². The van der Waals surface area contributed by atoms with Crippen LogP contribution in [0.25, 0.3) is 0 Å². The lowest BCUT2D eigenvalue weighted by Gasteiger charge is -2.22. The summed E-state index contributed by atoms with van der Waals surface area (Å²) in [6.45, 7) is 0. The number of hydrogen-bond donors (Lipinski definition) is 2. The van der Waals surface area contributed by atoms with Crippen LogP contribution in [0.4, 0.5) is 0 Å². The Morgan fingerprint density at radius 3 is 2.59 bits per heavy atom. The zero-order chi connectivity index (χ0) is 12.3. The quantitative estimate of drug-likeness (QED) is 0.477. The molecular formula is C13H16ClNO2. The van der Waals surface area contributed by atoms with E-state index in [1.165, 1.54) is 25.5 Å². The zero-order valence-corrected chi connectivity index (χ0v) is 10.3. The van der Waals surface area contributed by atoms with Crippen LogP contribution in [-0.4, -0.2) is 16.5 Å². The minimum atomic E-state index is -0.0240. The average molecular weight is 254 g/mol. The monoisotopic (exact) mass is 253 g/mol. The van der Waals surface area contributed by atoms with E-state index in [1.54, 1.807) is 0 Å². The number of phenolic OH excluding ortho intramolecular Hbond substituents is 1. The largest absolute Gasteiger partial charge is 0.506 e. The van der Waals surface area contributed by atoms with Gasteiger partial charge in [-0.05, 0) is 36.5 Å². The van der Waals surface area contributed by atoms with Gasteiger partial charge in [-0.25, -0.2) is 0 Å². The van der Waals surface area contributed by atoms with Gasteiger partial charge in [-0.1, -0.05) is 36.0 Å².